The summed E-state index contributed by atoms with van der Waals surface area (Å²) in [6, 6.07) is 20.3. The molecule has 1 aromatic heterocycles. The van der Waals surface area contributed by atoms with Gasteiger partial charge in [0.15, 0.2) is 5.75 Å². The second kappa shape index (κ2) is 6.20. The van der Waals surface area contributed by atoms with Gasteiger partial charge in [-0.1, -0.05) is 42.5 Å². The summed E-state index contributed by atoms with van der Waals surface area (Å²) in [5.41, 5.74) is 3.06. The van der Waals surface area contributed by atoms with Gasteiger partial charge in [0, 0.05) is 11.9 Å². The van der Waals surface area contributed by atoms with E-state index in [1.54, 1.807) is 0 Å². The first kappa shape index (κ1) is 14.5. The van der Waals surface area contributed by atoms with Gasteiger partial charge in [-0.2, -0.15) is 0 Å². The molecule has 1 aliphatic heterocycles. The summed E-state index contributed by atoms with van der Waals surface area (Å²) in [6.45, 7) is 2.98. The molecule has 0 amide bonds. The number of fused-ring (bicyclic) bond motifs is 2. The second-order valence-electron chi connectivity index (χ2n) is 5.61. The van der Waals surface area contributed by atoms with Crippen LogP contribution in [-0.4, -0.2) is 11.5 Å². The van der Waals surface area contributed by atoms with Gasteiger partial charge in [0.1, 0.15) is 0 Å². The van der Waals surface area contributed by atoms with E-state index >= 15 is 0 Å². The van der Waals surface area contributed by atoms with E-state index in [2.05, 4.69) is 35.0 Å². The molecule has 0 saturated carbocycles. The number of rotatable bonds is 3. The summed E-state index contributed by atoms with van der Waals surface area (Å²) in [5.74, 6) is 1.75. The van der Waals surface area contributed by atoms with Crippen LogP contribution in [0.5, 0.6) is 5.75 Å². The molecule has 0 fully saturated rings. The molecule has 2 heterocycles. The van der Waals surface area contributed by atoms with Gasteiger partial charge >= 0.3 is 0 Å². The maximum absolute atomic E-state index is 5.93. The van der Waals surface area contributed by atoms with Crippen LogP contribution in [0.3, 0.4) is 0 Å². The van der Waals surface area contributed by atoms with E-state index in [0.717, 1.165) is 40.5 Å². The van der Waals surface area contributed by atoms with Crippen molar-refractivity contribution in [1.29, 1.82) is 0 Å². The molecule has 0 radical (unpaired) electrons. The largest absolute Gasteiger partial charge is 0.439 e. The number of aromatic nitrogens is 1. The molecule has 1 aliphatic rings. The number of nitrogens with zero attached hydrogens (tertiary/aromatic N) is 2. The average Bonchev–Trinajstić information content (AvgIpc) is 2.99. The molecular formula is C21H18N2O. The van der Waals surface area contributed by atoms with Crippen LogP contribution in [0.4, 0.5) is 5.69 Å². The Kier molecular flexibility index (Phi) is 3.75. The molecule has 2 aromatic carbocycles. The molecule has 0 atom stereocenters. The van der Waals surface area contributed by atoms with Crippen LogP contribution in [-0.2, 0) is 0 Å². The molecular weight excluding hydrogens is 296 g/mol. The van der Waals surface area contributed by atoms with Gasteiger partial charge in [-0.3, -0.25) is 0 Å². The van der Waals surface area contributed by atoms with Gasteiger partial charge in [-0.25, -0.2) is 4.98 Å². The van der Waals surface area contributed by atoms with Crippen molar-refractivity contribution < 1.29 is 4.74 Å². The smallest absolute Gasteiger partial charge is 0.200 e. The Morgan fingerprint density at radius 3 is 2.75 bits per heavy atom. The van der Waals surface area contributed by atoms with Crippen LogP contribution in [0, 0.1) is 0 Å². The van der Waals surface area contributed by atoms with Crippen molar-refractivity contribution in [2.24, 2.45) is 0 Å². The Balaban J connectivity index is 1.58. The van der Waals surface area contributed by atoms with Crippen molar-refractivity contribution >= 4 is 22.7 Å². The van der Waals surface area contributed by atoms with Crippen LogP contribution in [0.2, 0.25) is 0 Å². The molecule has 0 N–H and O–H groups in total. The summed E-state index contributed by atoms with van der Waals surface area (Å²) < 4.78 is 5.93. The number of hydrogen-bond acceptors (Lipinski definition) is 3. The third kappa shape index (κ3) is 2.65. The molecule has 4 rings (SSSR count). The molecule has 3 heteroatoms. The lowest BCUT2D eigenvalue weighted by molar-refractivity contribution is 0.440. The van der Waals surface area contributed by atoms with E-state index in [1.807, 2.05) is 60.7 Å². The zero-order chi connectivity index (χ0) is 16.4. The first-order chi connectivity index (χ1) is 11.8. The molecule has 0 spiro atoms. The van der Waals surface area contributed by atoms with E-state index in [1.165, 1.54) is 0 Å². The van der Waals surface area contributed by atoms with Crippen molar-refractivity contribution in [2.45, 2.75) is 6.92 Å². The Morgan fingerprint density at radius 2 is 1.83 bits per heavy atom. The lowest BCUT2D eigenvalue weighted by Gasteiger charge is -2.14. The highest BCUT2D eigenvalue weighted by molar-refractivity contribution is 5.79. The lowest BCUT2D eigenvalue weighted by Crippen LogP contribution is -2.18. The standard InChI is InChI=1S/C21H18N2O/c1-2-23-19-11-5-6-12-20(19)24-21(23)13-7-9-17-15-14-16-8-3-4-10-18(16)22-17/h3-15H,2H2,1H3. The first-order valence-electron chi connectivity index (χ1n) is 8.14. The van der Waals surface area contributed by atoms with Crippen molar-refractivity contribution in [3.05, 3.63) is 84.4 Å². The van der Waals surface area contributed by atoms with Gasteiger partial charge in [0.25, 0.3) is 0 Å². The number of ether oxygens (including phenoxy) is 1. The summed E-state index contributed by atoms with van der Waals surface area (Å²) >= 11 is 0. The fourth-order valence-electron chi connectivity index (χ4n) is 2.91. The molecule has 0 unspecified atom stereocenters. The van der Waals surface area contributed by atoms with Gasteiger partial charge in [0.2, 0.25) is 5.88 Å². The van der Waals surface area contributed by atoms with Crippen LogP contribution in [0.1, 0.15) is 12.6 Å². The summed E-state index contributed by atoms with van der Waals surface area (Å²) in [6.07, 6.45) is 5.97. The molecule has 0 saturated heterocycles. The molecule has 118 valence electrons. The zero-order valence-electron chi connectivity index (χ0n) is 13.5. The number of anilines is 1. The number of pyridine rings is 1. The van der Waals surface area contributed by atoms with Crippen molar-refractivity contribution in [2.75, 3.05) is 11.4 Å². The SMILES string of the molecule is CCN1C(=CC=Cc2ccc3ccccc3n2)Oc2ccccc21. The number of hydrogen-bond donors (Lipinski definition) is 0. The summed E-state index contributed by atoms with van der Waals surface area (Å²) in [4.78, 5) is 6.81. The van der Waals surface area contributed by atoms with Crippen LogP contribution in [0.15, 0.2) is 78.7 Å². The van der Waals surface area contributed by atoms with Crippen LogP contribution in [0.25, 0.3) is 17.0 Å². The zero-order valence-corrected chi connectivity index (χ0v) is 13.5. The number of allylic oxidation sites excluding steroid dienone is 2. The summed E-state index contributed by atoms with van der Waals surface area (Å²) in [7, 11) is 0. The maximum atomic E-state index is 5.93. The third-order valence-electron chi connectivity index (χ3n) is 4.08. The van der Waals surface area contributed by atoms with Crippen molar-refractivity contribution in [3.8, 4) is 5.75 Å². The van der Waals surface area contributed by atoms with E-state index in [0.29, 0.717) is 0 Å². The fraction of sp³-hybridized carbons (Fsp3) is 0.0952. The topological polar surface area (TPSA) is 25.4 Å². The number of benzene rings is 2. The van der Waals surface area contributed by atoms with E-state index in [-0.39, 0.29) is 0 Å². The highest BCUT2D eigenvalue weighted by Gasteiger charge is 2.23. The molecule has 0 bridgehead atoms. The van der Waals surface area contributed by atoms with Gasteiger partial charge in [-0.15, -0.1) is 0 Å². The lowest BCUT2D eigenvalue weighted by atomic mass is 10.2. The highest BCUT2D eigenvalue weighted by Crippen LogP contribution is 2.38. The molecule has 3 nitrogen and oxygen atoms in total. The Morgan fingerprint density at radius 1 is 1.00 bits per heavy atom. The summed E-state index contributed by atoms with van der Waals surface area (Å²) in [5, 5.41) is 1.15. The molecule has 24 heavy (non-hydrogen) atoms. The Bertz CT molecular complexity index is 943. The van der Waals surface area contributed by atoms with Crippen molar-refractivity contribution in [1.82, 2.24) is 4.98 Å². The maximum Gasteiger partial charge on any atom is 0.200 e. The van der Waals surface area contributed by atoms with Gasteiger partial charge in [0.05, 0.1) is 16.9 Å². The van der Waals surface area contributed by atoms with Crippen molar-refractivity contribution in [3.63, 3.8) is 0 Å². The van der Waals surface area contributed by atoms with E-state index in [9.17, 15) is 0 Å². The predicted molar refractivity (Wildman–Crippen MR) is 99.0 cm³/mol. The fourth-order valence-corrected chi connectivity index (χ4v) is 2.91. The normalized spacial score (nSPS) is 15.2. The molecule has 0 aliphatic carbocycles. The quantitative estimate of drug-likeness (QED) is 0.679. The third-order valence-corrected chi connectivity index (χ3v) is 4.08. The minimum atomic E-state index is 0.843. The number of para-hydroxylation sites is 3. The average molecular weight is 314 g/mol. The monoisotopic (exact) mass is 314 g/mol. The predicted octanol–water partition coefficient (Wildman–Crippen LogP) is 5.01. The highest BCUT2D eigenvalue weighted by atomic mass is 16.5. The minimum Gasteiger partial charge on any atom is -0.439 e. The van der Waals surface area contributed by atoms with E-state index < -0.39 is 0 Å². The first-order valence-corrected chi connectivity index (χ1v) is 8.14. The Hall–Kier alpha value is -3.07. The molecule has 3 aromatic rings. The Labute approximate surface area is 141 Å². The van der Waals surface area contributed by atoms with Gasteiger partial charge in [-0.05, 0) is 43.3 Å². The minimum absolute atomic E-state index is 0.843. The second-order valence-corrected chi connectivity index (χ2v) is 5.61. The van der Waals surface area contributed by atoms with Gasteiger partial charge < -0.3 is 9.64 Å². The van der Waals surface area contributed by atoms with Crippen LogP contribution < -0.4 is 9.64 Å². The van der Waals surface area contributed by atoms with Crippen LogP contribution >= 0.6 is 0 Å². The van der Waals surface area contributed by atoms with E-state index in [4.69, 9.17) is 4.74 Å².